The average molecular weight is 291 g/mol. The van der Waals surface area contributed by atoms with E-state index >= 15 is 0 Å². The van der Waals surface area contributed by atoms with Gasteiger partial charge in [-0.05, 0) is 26.3 Å². The first-order valence-electron chi connectivity index (χ1n) is 6.22. The summed E-state index contributed by atoms with van der Waals surface area (Å²) in [4.78, 5) is 8.36. The van der Waals surface area contributed by atoms with E-state index in [1.54, 1.807) is 6.92 Å². The minimum Gasteiger partial charge on any atom is -0.362 e. The Morgan fingerprint density at radius 3 is 2.85 bits per heavy atom. The molecule has 2 aromatic rings. The summed E-state index contributed by atoms with van der Waals surface area (Å²) in [5.41, 5.74) is 1.17. The highest BCUT2D eigenvalue weighted by atomic mass is 35.5. The topological polar surface area (TPSA) is 79.4 Å². The molecule has 0 aliphatic rings. The van der Waals surface area contributed by atoms with Crippen molar-refractivity contribution in [2.75, 3.05) is 5.32 Å². The third kappa shape index (κ3) is 2.73. The molecule has 0 radical (unpaired) electrons. The van der Waals surface area contributed by atoms with Gasteiger partial charge in [0.1, 0.15) is 24.0 Å². The molecule has 0 bridgehead atoms. The standard InChI is InChI=1S/C13H15ClN6/c1-8(2)20-12(18-7-19-20)6-17-13-10(4-15)9(3)11(14)5-16-13/h5,7-8H,6H2,1-3H3,(H,16,17). The molecule has 0 unspecified atom stereocenters. The van der Waals surface area contributed by atoms with Gasteiger partial charge in [-0.2, -0.15) is 10.4 Å². The van der Waals surface area contributed by atoms with Crippen molar-refractivity contribution in [3.63, 3.8) is 0 Å². The number of nitriles is 1. The number of pyridine rings is 1. The molecule has 2 rings (SSSR count). The van der Waals surface area contributed by atoms with Crippen LogP contribution in [0.2, 0.25) is 5.02 Å². The number of aromatic nitrogens is 4. The first-order valence-corrected chi connectivity index (χ1v) is 6.59. The number of anilines is 1. The maximum atomic E-state index is 9.20. The Hall–Kier alpha value is -2.13. The van der Waals surface area contributed by atoms with Gasteiger partial charge < -0.3 is 5.32 Å². The third-order valence-corrected chi connectivity index (χ3v) is 3.32. The second-order valence-electron chi connectivity index (χ2n) is 4.63. The van der Waals surface area contributed by atoms with Crippen LogP contribution in [0.5, 0.6) is 0 Å². The molecule has 6 nitrogen and oxygen atoms in total. The molecule has 0 aliphatic heterocycles. The predicted octanol–water partition coefficient (Wildman–Crippen LogP) is 2.70. The van der Waals surface area contributed by atoms with Crippen LogP contribution in [0.15, 0.2) is 12.5 Å². The van der Waals surface area contributed by atoms with E-state index in [2.05, 4.69) is 26.5 Å². The third-order valence-electron chi connectivity index (χ3n) is 2.94. The summed E-state index contributed by atoms with van der Waals surface area (Å²) >= 11 is 5.96. The minimum atomic E-state index is 0.227. The van der Waals surface area contributed by atoms with E-state index in [1.807, 2.05) is 18.5 Å². The molecule has 0 aliphatic carbocycles. The van der Waals surface area contributed by atoms with Crippen LogP contribution in [0.4, 0.5) is 5.82 Å². The van der Waals surface area contributed by atoms with E-state index in [1.165, 1.54) is 12.5 Å². The zero-order chi connectivity index (χ0) is 14.7. The van der Waals surface area contributed by atoms with E-state index in [-0.39, 0.29) is 6.04 Å². The van der Waals surface area contributed by atoms with Crippen LogP contribution in [-0.4, -0.2) is 19.7 Å². The molecule has 1 N–H and O–H groups in total. The van der Waals surface area contributed by atoms with Gasteiger partial charge in [0, 0.05) is 12.2 Å². The van der Waals surface area contributed by atoms with Crippen molar-refractivity contribution in [3.05, 3.63) is 34.5 Å². The van der Waals surface area contributed by atoms with Crippen LogP contribution in [0.1, 0.15) is 36.8 Å². The minimum absolute atomic E-state index is 0.227. The molecule has 2 heterocycles. The van der Waals surface area contributed by atoms with Crippen molar-refractivity contribution < 1.29 is 0 Å². The van der Waals surface area contributed by atoms with E-state index in [9.17, 15) is 5.26 Å². The van der Waals surface area contributed by atoms with E-state index in [4.69, 9.17) is 11.6 Å². The molecule has 0 atom stereocenters. The van der Waals surface area contributed by atoms with Crippen molar-refractivity contribution in [1.29, 1.82) is 5.26 Å². The maximum Gasteiger partial charge on any atom is 0.146 e. The molecular formula is C13H15ClN6. The van der Waals surface area contributed by atoms with Gasteiger partial charge in [0.15, 0.2) is 0 Å². The van der Waals surface area contributed by atoms with Crippen LogP contribution in [0.25, 0.3) is 0 Å². The Bertz CT molecular complexity index is 655. The first-order chi connectivity index (χ1) is 9.54. The Morgan fingerprint density at radius 1 is 1.45 bits per heavy atom. The summed E-state index contributed by atoms with van der Waals surface area (Å²) in [6.45, 7) is 6.30. The zero-order valence-corrected chi connectivity index (χ0v) is 12.3. The normalized spacial score (nSPS) is 10.6. The Balaban J connectivity index is 2.22. The largest absolute Gasteiger partial charge is 0.362 e. The highest BCUT2D eigenvalue weighted by Crippen LogP contribution is 2.23. The van der Waals surface area contributed by atoms with Crippen molar-refractivity contribution in [3.8, 4) is 6.07 Å². The molecule has 0 amide bonds. The lowest BCUT2D eigenvalue weighted by Crippen LogP contribution is -2.13. The monoisotopic (exact) mass is 290 g/mol. The van der Waals surface area contributed by atoms with Gasteiger partial charge in [-0.3, -0.25) is 0 Å². The highest BCUT2D eigenvalue weighted by molar-refractivity contribution is 6.31. The van der Waals surface area contributed by atoms with Crippen molar-refractivity contribution in [1.82, 2.24) is 19.7 Å². The smallest absolute Gasteiger partial charge is 0.146 e. The number of rotatable bonds is 4. The van der Waals surface area contributed by atoms with Gasteiger partial charge >= 0.3 is 0 Å². The lowest BCUT2D eigenvalue weighted by atomic mass is 10.1. The molecule has 0 spiro atoms. The Kier molecular flexibility index (Phi) is 4.20. The fourth-order valence-electron chi connectivity index (χ4n) is 1.85. The lowest BCUT2D eigenvalue weighted by Gasteiger charge is -2.12. The number of halogens is 1. The lowest BCUT2D eigenvalue weighted by molar-refractivity contribution is 0.509. The highest BCUT2D eigenvalue weighted by Gasteiger charge is 2.12. The first kappa shape index (κ1) is 14.3. The van der Waals surface area contributed by atoms with E-state index < -0.39 is 0 Å². The molecule has 104 valence electrons. The van der Waals surface area contributed by atoms with Crippen molar-refractivity contribution >= 4 is 17.4 Å². The molecule has 7 heteroatoms. The number of hydrogen-bond acceptors (Lipinski definition) is 5. The Labute approximate surface area is 122 Å². The van der Waals surface area contributed by atoms with Gasteiger partial charge in [-0.15, -0.1) is 0 Å². The fourth-order valence-corrected chi connectivity index (χ4v) is 1.99. The maximum absolute atomic E-state index is 9.20. The SMILES string of the molecule is Cc1c(Cl)cnc(NCc2ncnn2C(C)C)c1C#N. The van der Waals surface area contributed by atoms with Crippen molar-refractivity contribution in [2.45, 2.75) is 33.4 Å². The summed E-state index contributed by atoms with van der Waals surface area (Å²) in [5, 5.41) is 17.0. The summed E-state index contributed by atoms with van der Waals surface area (Å²) in [6.07, 6.45) is 3.05. The van der Waals surface area contributed by atoms with Gasteiger partial charge in [0.05, 0.1) is 17.1 Å². The van der Waals surface area contributed by atoms with E-state index in [0.717, 1.165) is 11.4 Å². The molecule has 0 saturated carbocycles. The summed E-state index contributed by atoms with van der Waals surface area (Å²) in [6, 6.07) is 2.35. The van der Waals surface area contributed by atoms with Gasteiger partial charge in [0.2, 0.25) is 0 Å². The van der Waals surface area contributed by atoms with Crippen molar-refractivity contribution in [2.24, 2.45) is 0 Å². The van der Waals surface area contributed by atoms with Crippen LogP contribution in [0.3, 0.4) is 0 Å². The zero-order valence-electron chi connectivity index (χ0n) is 11.6. The summed E-state index contributed by atoms with van der Waals surface area (Å²) in [7, 11) is 0. The average Bonchev–Trinajstić information content (AvgIpc) is 2.88. The number of hydrogen-bond donors (Lipinski definition) is 1. The van der Waals surface area contributed by atoms with Gasteiger partial charge in [-0.1, -0.05) is 11.6 Å². The molecule has 2 aromatic heterocycles. The van der Waals surface area contributed by atoms with Crippen LogP contribution in [-0.2, 0) is 6.54 Å². The van der Waals surface area contributed by atoms with Gasteiger partial charge in [0.25, 0.3) is 0 Å². The molecule has 0 saturated heterocycles. The van der Waals surface area contributed by atoms with Gasteiger partial charge in [-0.25, -0.2) is 14.6 Å². The molecule has 0 fully saturated rings. The summed E-state index contributed by atoms with van der Waals surface area (Å²) < 4.78 is 1.82. The Morgan fingerprint density at radius 2 is 2.20 bits per heavy atom. The second kappa shape index (κ2) is 5.88. The molecule has 20 heavy (non-hydrogen) atoms. The van der Waals surface area contributed by atoms with E-state index in [0.29, 0.717) is 22.9 Å². The van der Waals surface area contributed by atoms with Crippen LogP contribution in [0, 0.1) is 18.3 Å². The second-order valence-corrected chi connectivity index (χ2v) is 5.04. The predicted molar refractivity (Wildman–Crippen MR) is 76.4 cm³/mol. The number of nitrogens with one attached hydrogen (secondary N) is 1. The molecule has 0 aromatic carbocycles. The quantitative estimate of drug-likeness (QED) is 0.936. The van der Waals surface area contributed by atoms with Crippen LogP contribution < -0.4 is 5.32 Å². The summed E-state index contributed by atoms with van der Waals surface area (Å²) in [5.74, 6) is 1.30. The van der Waals surface area contributed by atoms with Crippen LogP contribution >= 0.6 is 11.6 Å². The fraction of sp³-hybridized carbons (Fsp3) is 0.385. The molecular weight excluding hydrogens is 276 g/mol. The number of nitrogens with zero attached hydrogens (tertiary/aromatic N) is 5.